The zero-order chi connectivity index (χ0) is 13.8. The van der Waals surface area contributed by atoms with E-state index in [0.717, 1.165) is 6.07 Å². The molecule has 0 atom stereocenters. The average Bonchev–Trinajstić information content (AvgIpc) is 2.39. The van der Waals surface area contributed by atoms with Gasteiger partial charge >= 0.3 is 0 Å². The van der Waals surface area contributed by atoms with E-state index in [0.29, 0.717) is 0 Å². The number of hydrogen-bond acceptors (Lipinski definition) is 5. The average molecular weight is 258 g/mol. The van der Waals surface area contributed by atoms with Crippen LogP contribution in [0.15, 0.2) is 18.2 Å². The highest BCUT2D eigenvalue weighted by Crippen LogP contribution is 2.13. The molecule has 0 bridgehead atoms. The normalized spacial score (nSPS) is 11.3. The van der Waals surface area contributed by atoms with Crippen LogP contribution in [-0.4, -0.2) is 46.6 Å². The number of anilines is 1. The summed E-state index contributed by atoms with van der Waals surface area (Å²) in [5.41, 5.74) is 3.60. The lowest BCUT2D eigenvalue weighted by atomic mass is 10.0. The number of nitrogens with one attached hydrogen (secondary N) is 1. The summed E-state index contributed by atoms with van der Waals surface area (Å²) in [6, 6.07) is 3.45. The van der Waals surface area contributed by atoms with Crippen LogP contribution in [0, 0.1) is 5.82 Å². The van der Waals surface area contributed by atoms with Crippen molar-refractivity contribution in [2.45, 2.75) is 5.54 Å². The number of aliphatic hydroxyl groups is 3. The maximum absolute atomic E-state index is 13.2. The minimum atomic E-state index is -1.55. The van der Waals surface area contributed by atoms with Crippen LogP contribution in [0.25, 0.3) is 0 Å². The summed E-state index contributed by atoms with van der Waals surface area (Å²) < 4.78 is 13.2. The van der Waals surface area contributed by atoms with Crippen molar-refractivity contribution in [3.05, 3.63) is 29.6 Å². The molecular weight excluding hydrogens is 243 g/mol. The molecule has 0 saturated carbocycles. The summed E-state index contributed by atoms with van der Waals surface area (Å²) in [7, 11) is 0. The van der Waals surface area contributed by atoms with E-state index >= 15 is 0 Å². The first-order valence-corrected chi connectivity index (χ1v) is 5.18. The summed E-state index contributed by atoms with van der Waals surface area (Å²) in [6.07, 6.45) is 0. The number of carbonyl (C=O) groups is 1. The van der Waals surface area contributed by atoms with Gasteiger partial charge in [-0.15, -0.1) is 0 Å². The predicted octanol–water partition coefficient (Wildman–Crippen LogP) is -1.15. The molecule has 6 N–H and O–H groups in total. The monoisotopic (exact) mass is 258 g/mol. The van der Waals surface area contributed by atoms with Crippen molar-refractivity contribution in [2.24, 2.45) is 0 Å². The third-order valence-corrected chi connectivity index (χ3v) is 2.55. The maximum atomic E-state index is 13.2. The lowest BCUT2D eigenvalue weighted by molar-refractivity contribution is 0.0375. The first-order valence-electron chi connectivity index (χ1n) is 5.18. The molecule has 0 aliphatic heterocycles. The topological polar surface area (TPSA) is 116 Å². The van der Waals surface area contributed by atoms with Gasteiger partial charge in [-0.25, -0.2) is 4.39 Å². The van der Waals surface area contributed by atoms with Gasteiger partial charge in [0.15, 0.2) is 0 Å². The van der Waals surface area contributed by atoms with Crippen molar-refractivity contribution in [1.82, 2.24) is 5.32 Å². The van der Waals surface area contributed by atoms with E-state index in [-0.39, 0.29) is 11.3 Å². The summed E-state index contributed by atoms with van der Waals surface area (Å²) in [6.45, 7) is -1.95. The lowest BCUT2D eigenvalue weighted by Gasteiger charge is -2.28. The second-order valence-corrected chi connectivity index (χ2v) is 3.95. The highest BCUT2D eigenvalue weighted by Gasteiger charge is 2.30. The first-order chi connectivity index (χ1) is 8.48. The SMILES string of the molecule is Nc1ccc(C(=O)NC(CO)(CO)CO)cc1F. The Hall–Kier alpha value is -1.70. The van der Waals surface area contributed by atoms with E-state index in [1.807, 2.05) is 0 Å². The third kappa shape index (κ3) is 2.95. The van der Waals surface area contributed by atoms with Crippen molar-refractivity contribution in [3.63, 3.8) is 0 Å². The molecule has 0 heterocycles. The molecule has 1 aromatic carbocycles. The first kappa shape index (κ1) is 14.4. The molecule has 7 heteroatoms. The molecule has 0 aliphatic rings. The zero-order valence-corrected chi connectivity index (χ0v) is 9.56. The second-order valence-electron chi connectivity index (χ2n) is 3.95. The van der Waals surface area contributed by atoms with E-state index in [9.17, 15) is 9.18 Å². The fourth-order valence-electron chi connectivity index (χ4n) is 1.25. The van der Waals surface area contributed by atoms with E-state index in [4.69, 9.17) is 21.1 Å². The number of halogens is 1. The van der Waals surface area contributed by atoms with Crippen molar-refractivity contribution < 1.29 is 24.5 Å². The Balaban J connectivity index is 2.90. The van der Waals surface area contributed by atoms with Gasteiger partial charge in [0, 0.05) is 5.56 Å². The van der Waals surface area contributed by atoms with E-state index < -0.39 is 37.1 Å². The van der Waals surface area contributed by atoms with Crippen LogP contribution in [0.3, 0.4) is 0 Å². The van der Waals surface area contributed by atoms with E-state index in [1.54, 1.807) is 0 Å². The van der Waals surface area contributed by atoms with Crippen LogP contribution >= 0.6 is 0 Å². The van der Waals surface area contributed by atoms with Gasteiger partial charge in [-0.2, -0.15) is 0 Å². The molecule has 1 amide bonds. The summed E-state index contributed by atoms with van der Waals surface area (Å²) >= 11 is 0. The number of aliphatic hydroxyl groups excluding tert-OH is 3. The van der Waals surface area contributed by atoms with Gasteiger partial charge in [0.05, 0.1) is 25.5 Å². The van der Waals surface area contributed by atoms with Gasteiger partial charge in [-0.05, 0) is 18.2 Å². The molecule has 0 unspecified atom stereocenters. The molecule has 18 heavy (non-hydrogen) atoms. The maximum Gasteiger partial charge on any atom is 0.252 e. The molecule has 0 saturated heterocycles. The molecule has 6 nitrogen and oxygen atoms in total. The highest BCUT2D eigenvalue weighted by atomic mass is 19.1. The Labute approximate surface area is 103 Å². The van der Waals surface area contributed by atoms with Gasteiger partial charge < -0.3 is 26.4 Å². The Morgan fingerprint density at radius 1 is 1.28 bits per heavy atom. The van der Waals surface area contributed by atoms with Gasteiger partial charge in [0.1, 0.15) is 11.4 Å². The lowest BCUT2D eigenvalue weighted by Crippen LogP contribution is -2.57. The molecule has 1 aromatic rings. The summed E-state index contributed by atoms with van der Waals surface area (Å²) in [5, 5.41) is 29.4. The number of rotatable bonds is 5. The molecule has 100 valence electrons. The van der Waals surface area contributed by atoms with Crippen molar-refractivity contribution >= 4 is 11.6 Å². The Morgan fingerprint density at radius 3 is 2.28 bits per heavy atom. The molecular formula is C11H15FN2O4. The second kappa shape index (κ2) is 5.76. The third-order valence-electron chi connectivity index (χ3n) is 2.55. The van der Waals surface area contributed by atoms with E-state index in [2.05, 4.69) is 5.32 Å². The van der Waals surface area contributed by atoms with Crippen LogP contribution in [0.4, 0.5) is 10.1 Å². The van der Waals surface area contributed by atoms with E-state index in [1.165, 1.54) is 12.1 Å². The number of hydrogen-bond donors (Lipinski definition) is 5. The molecule has 0 spiro atoms. The zero-order valence-electron chi connectivity index (χ0n) is 9.56. The van der Waals surface area contributed by atoms with Crippen molar-refractivity contribution in [2.75, 3.05) is 25.6 Å². The fraction of sp³-hybridized carbons (Fsp3) is 0.364. The quantitative estimate of drug-likeness (QED) is 0.428. The fourth-order valence-corrected chi connectivity index (χ4v) is 1.25. The molecule has 0 aromatic heterocycles. The molecule has 0 fully saturated rings. The Bertz CT molecular complexity index is 427. The van der Waals surface area contributed by atoms with Gasteiger partial charge in [-0.3, -0.25) is 4.79 Å². The van der Waals surface area contributed by atoms with Gasteiger partial charge in [0.2, 0.25) is 0 Å². The number of nitrogen functional groups attached to an aromatic ring is 1. The number of nitrogens with two attached hydrogens (primary N) is 1. The largest absolute Gasteiger partial charge is 0.396 e. The minimum absolute atomic E-state index is 0.0265. The standard InChI is InChI=1S/C11H15FN2O4/c12-8-3-7(1-2-9(8)13)10(18)14-11(4-15,5-16)6-17/h1-3,15-17H,4-6,13H2,(H,14,18). The minimum Gasteiger partial charge on any atom is -0.396 e. The number of carbonyl (C=O) groups excluding carboxylic acids is 1. The highest BCUT2D eigenvalue weighted by molar-refractivity contribution is 5.95. The molecule has 0 radical (unpaired) electrons. The van der Waals surface area contributed by atoms with Crippen LogP contribution in [0.1, 0.15) is 10.4 Å². The Kier molecular flexibility index (Phi) is 4.60. The van der Waals surface area contributed by atoms with Crippen molar-refractivity contribution in [1.29, 1.82) is 0 Å². The number of amides is 1. The van der Waals surface area contributed by atoms with Crippen LogP contribution in [-0.2, 0) is 0 Å². The smallest absolute Gasteiger partial charge is 0.252 e. The number of benzene rings is 1. The van der Waals surface area contributed by atoms with Crippen LogP contribution in [0.5, 0.6) is 0 Å². The van der Waals surface area contributed by atoms with Crippen LogP contribution in [0.2, 0.25) is 0 Å². The van der Waals surface area contributed by atoms with Crippen molar-refractivity contribution in [3.8, 4) is 0 Å². The van der Waals surface area contributed by atoms with Crippen LogP contribution < -0.4 is 11.1 Å². The molecule has 1 rings (SSSR count). The van der Waals surface area contributed by atoms with Gasteiger partial charge in [0.25, 0.3) is 5.91 Å². The summed E-state index contributed by atoms with van der Waals surface area (Å²) in [5.74, 6) is -1.48. The predicted molar refractivity (Wildman–Crippen MR) is 62.3 cm³/mol. The Morgan fingerprint density at radius 2 is 1.83 bits per heavy atom. The molecule has 0 aliphatic carbocycles. The summed E-state index contributed by atoms with van der Waals surface area (Å²) in [4.78, 5) is 11.7. The van der Waals surface area contributed by atoms with Gasteiger partial charge in [-0.1, -0.05) is 0 Å².